The minimum absolute atomic E-state index is 0.0328. The average molecular weight is 663 g/mol. The average Bonchev–Trinajstić information content (AvgIpc) is 3.29. The maximum absolute atomic E-state index is 13.2. The monoisotopic (exact) mass is 662 g/mol. The molecule has 9 nitrogen and oxygen atoms in total. The van der Waals surface area contributed by atoms with Crippen LogP contribution in [0.3, 0.4) is 0 Å². The van der Waals surface area contributed by atoms with Crippen molar-refractivity contribution in [3.63, 3.8) is 0 Å². The minimum atomic E-state index is -4.20. The van der Waals surface area contributed by atoms with Crippen LogP contribution in [0.4, 0.5) is 5.69 Å². The Labute approximate surface area is 229 Å². The molecule has 0 aromatic heterocycles. The van der Waals surface area contributed by atoms with Gasteiger partial charge in [-0.05, 0) is 70.6 Å². The summed E-state index contributed by atoms with van der Waals surface area (Å²) in [6, 6.07) is 12.2. The van der Waals surface area contributed by atoms with E-state index in [2.05, 4.69) is 10.0 Å². The van der Waals surface area contributed by atoms with Crippen LogP contribution in [0.5, 0.6) is 11.5 Å². The van der Waals surface area contributed by atoms with E-state index >= 15 is 0 Å². The molecule has 1 aliphatic rings. The number of halogens is 3. The van der Waals surface area contributed by atoms with Crippen molar-refractivity contribution < 1.29 is 32.6 Å². The van der Waals surface area contributed by atoms with E-state index in [0.29, 0.717) is 14.2 Å². The van der Waals surface area contributed by atoms with Gasteiger partial charge in [-0.1, -0.05) is 35.3 Å². The lowest BCUT2D eigenvalue weighted by atomic mass is 10.1. The second-order valence-electron chi connectivity index (χ2n) is 7.60. The molecule has 3 aromatic carbocycles. The highest BCUT2D eigenvalue weighted by atomic mass is 127. The summed E-state index contributed by atoms with van der Waals surface area (Å²) in [6.07, 6.45) is -0.0725. The first-order valence-corrected chi connectivity index (χ1v) is 13.6. The fourth-order valence-electron chi connectivity index (χ4n) is 3.45. The second-order valence-corrected chi connectivity index (χ2v) is 11.3. The highest BCUT2D eigenvalue weighted by Crippen LogP contribution is 2.38. The predicted molar refractivity (Wildman–Crippen MR) is 142 cm³/mol. The summed E-state index contributed by atoms with van der Waals surface area (Å²) in [6.45, 7) is -0.117. The number of fused-ring (bicyclic) bond motifs is 1. The van der Waals surface area contributed by atoms with Gasteiger partial charge in [0.15, 0.2) is 11.5 Å². The Hall–Kier alpha value is -2.74. The highest BCUT2D eigenvalue weighted by molar-refractivity contribution is 14.1. The van der Waals surface area contributed by atoms with Crippen molar-refractivity contribution in [1.82, 2.24) is 5.32 Å². The van der Waals surface area contributed by atoms with Gasteiger partial charge in [0.2, 0.25) is 6.79 Å². The summed E-state index contributed by atoms with van der Waals surface area (Å²) in [5.74, 6) is -1.72. The predicted octanol–water partition coefficient (Wildman–Crippen LogP) is 4.55. The molecule has 1 heterocycles. The number of carbonyl (C=O) groups excluding carboxylic acids is 1. The molecule has 0 saturated heterocycles. The Balaban J connectivity index is 1.60. The highest BCUT2D eigenvalue weighted by Gasteiger charge is 2.29. The Bertz CT molecular complexity index is 1470. The molecule has 1 atom stereocenters. The number of carboxylic acid groups (broad SMARTS) is 1. The molecule has 0 saturated carbocycles. The van der Waals surface area contributed by atoms with Gasteiger partial charge in [-0.25, -0.2) is 13.2 Å². The Kier molecular flexibility index (Phi) is 7.83. The first-order valence-electron chi connectivity index (χ1n) is 10.2. The summed E-state index contributed by atoms with van der Waals surface area (Å²) in [5.41, 5.74) is 0.444. The van der Waals surface area contributed by atoms with E-state index in [1.165, 1.54) is 36.4 Å². The molecule has 0 radical (unpaired) electrons. The zero-order valence-corrected chi connectivity index (χ0v) is 22.6. The van der Waals surface area contributed by atoms with Crippen LogP contribution in [-0.2, 0) is 21.2 Å². The van der Waals surface area contributed by atoms with Gasteiger partial charge in [-0.2, -0.15) is 0 Å². The van der Waals surface area contributed by atoms with Gasteiger partial charge in [0.25, 0.3) is 15.9 Å². The minimum Gasteiger partial charge on any atom is -0.480 e. The topological polar surface area (TPSA) is 131 Å². The number of hydrogen-bond acceptors (Lipinski definition) is 6. The summed E-state index contributed by atoms with van der Waals surface area (Å²) >= 11 is 13.9. The molecule has 0 aliphatic carbocycles. The van der Waals surface area contributed by atoms with E-state index in [9.17, 15) is 23.1 Å². The molecule has 36 heavy (non-hydrogen) atoms. The second kappa shape index (κ2) is 10.7. The molecule has 0 spiro atoms. The van der Waals surface area contributed by atoms with E-state index < -0.39 is 27.9 Å². The number of ether oxygens (including phenoxy) is 2. The van der Waals surface area contributed by atoms with Crippen molar-refractivity contribution in [3.05, 3.63) is 79.3 Å². The van der Waals surface area contributed by atoms with Crippen LogP contribution in [-0.4, -0.2) is 38.2 Å². The molecule has 1 amide bonds. The molecule has 0 fully saturated rings. The van der Waals surface area contributed by atoms with E-state index in [4.69, 9.17) is 32.7 Å². The fraction of sp³-hybridized carbons (Fsp3) is 0.130. The van der Waals surface area contributed by atoms with Gasteiger partial charge in [-0.15, -0.1) is 0 Å². The summed E-state index contributed by atoms with van der Waals surface area (Å²) < 4.78 is 40.0. The van der Waals surface area contributed by atoms with Crippen LogP contribution in [0.25, 0.3) is 0 Å². The molecule has 188 valence electrons. The molecular weight excluding hydrogens is 646 g/mol. The fourth-order valence-corrected chi connectivity index (χ4v) is 5.49. The number of carbonyl (C=O) groups is 2. The lowest BCUT2D eigenvalue weighted by Crippen LogP contribution is -2.42. The smallest absolute Gasteiger partial charge is 0.326 e. The van der Waals surface area contributed by atoms with Crippen LogP contribution in [0.1, 0.15) is 15.9 Å². The van der Waals surface area contributed by atoms with Gasteiger partial charge >= 0.3 is 5.97 Å². The lowest BCUT2D eigenvalue weighted by molar-refractivity contribution is -0.139. The molecule has 4 rings (SSSR count). The number of benzene rings is 3. The van der Waals surface area contributed by atoms with Gasteiger partial charge < -0.3 is 19.9 Å². The number of hydrogen-bond donors (Lipinski definition) is 3. The number of para-hydroxylation sites is 1. The maximum Gasteiger partial charge on any atom is 0.326 e. The van der Waals surface area contributed by atoms with Crippen molar-refractivity contribution in [2.24, 2.45) is 0 Å². The zero-order valence-electron chi connectivity index (χ0n) is 18.1. The Morgan fingerprint density at radius 3 is 2.56 bits per heavy atom. The van der Waals surface area contributed by atoms with Crippen LogP contribution < -0.4 is 19.5 Å². The molecule has 1 aliphatic heterocycles. The first-order chi connectivity index (χ1) is 17.0. The van der Waals surface area contributed by atoms with Crippen molar-refractivity contribution in [2.45, 2.75) is 17.4 Å². The number of amides is 1. The van der Waals surface area contributed by atoms with Gasteiger partial charge in [0.1, 0.15) is 10.9 Å². The third-order valence-corrected chi connectivity index (χ3v) is 7.95. The van der Waals surface area contributed by atoms with E-state index in [1.54, 1.807) is 18.2 Å². The first kappa shape index (κ1) is 26.3. The Morgan fingerprint density at radius 1 is 1.06 bits per heavy atom. The largest absolute Gasteiger partial charge is 0.480 e. The number of aliphatic carboxylic acids is 1. The quantitative estimate of drug-likeness (QED) is 0.302. The molecule has 3 N–H and O–H groups in total. The maximum atomic E-state index is 13.2. The molecule has 0 bridgehead atoms. The van der Waals surface area contributed by atoms with Crippen LogP contribution in [0.2, 0.25) is 10.0 Å². The number of anilines is 1. The van der Waals surface area contributed by atoms with Gasteiger partial charge in [-0.3, -0.25) is 9.52 Å². The zero-order chi connectivity index (χ0) is 26.0. The third kappa shape index (κ3) is 5.80. The van der Waals surface area contributed by atoms with Crippen LogP contribution >= 0.6 is 45.8 Å². The number of sulfonamides is 1. The van der Waals surface area contributed by atoms with E-state index in [-0.39, 0.29) is 45.9 Å². The molecule has 13 heteroatoms. The summed E-state index contributed by atoms with van der Waals surface area (Å²) in [5, 5.41) is 12.7. The Morgan fingerprint density at radius 2 is 1.83 bits per heavy atom. The van der Waals surface area contributed by atoms with Crippen molar-refractivity contribution in [2.75, 3.05) is 11.5 Å². The third-order valence-electron chi connectivity index (χ3n) is 5.15. The molecular formula is C23H17Cl2IN2O7S. The lowest BCUT2D eigenvalue weighted by Gasteiger charge is -2.18. The SMILES string of the molecule is O=C(NC(Cc1ccc(Cl)c(Cl)c1)C(=O)O)c1ccc(I)cc1NS(=O)(=O)c1cccc2c1OCO2. The van der Waals surface area contributed by atoms with Gasteiger partial charge in [0, 0.05) is 9.99 Å². The standard InChI is InChI=1S/C23H17Cl2IN2O7S/c24-15-7-4-12(8-16(15)25)9-18(23(30)31)27-22(29)14-6-5-13(26)10-17(14)28-36(32,33)20-3-1-2-19-21(20)35-11-34-19/h1-8,10,18,28H,9,11H2,(H,27,29)(H,30,31). The van der Waals surface area contributed by atoms with Crippen LogP contribution in [0, 0.1) is 3.57 Å². The number of rotatable bonds is 8. The molecule has 3 aromatic rings. The van der Waals surface area contributed by atoms with Crippen LogP contribution in [0.15, 0.2) is 59.5 Å². The normalized spacial score (nSPS) is 13.2. The van der Waals surface area contributed by atoms with E-state index in [0.717, 1.165) is 0 Å². The number of carboxylic acids is 1. The van der Waals surface area contributed by atoms with E-state index in [1.807, 2.05) is 22.6 Å². The van der Waals surface area contributed by atoms with Gasteiger partial charge in [0.05, 0.1) is 21.3 Å². The molecule has 1 unspecified atom stereocenters. The van der Waals surface area contributed by atoms with Crippen molar-refractivity contribution in [3.8, 4) is 11.5 Å². The van der Waals surface area contributed by atoms with Crippen molar-refractivity contribution in [1.29, 1.82) is 0 Å². The summed E-state index contributed by atoms with van der Waals surface area (Å²) in [7, 11) is -4.20. The number of nitrogens with one attached hydrogen (secondary N) is 2. The van der Waals surface area contributed by atoms with Crippen molar-refractivity contribution >= 4 is 73.4 Å². The summed E-state index contributed by atoms with van der Waals surface area (Å²) in [4.78, 5) is 24.8.